The number of benzene rings is 2. The van der Waals surface area contributed by atoms with E-state index in [2.05, 4.69) is 0 Å². The summed E-state index contributed by atoms with van der Waals surface area (Å²) in [7, 11) is -3.74. The zero-order valence-electron chi connectivity index (χ0n) is 11.3. The first-order chi connectivity index (χ1) is 9.62. The molecule has 20 heavy (non-hydrogen) atoms. The van der Waals surface area contributed by atoms with Crippen molar-refractivity contribution in [2.24, 2.45) is 0 Å². The first-order valence-electron chi connectivity index (χ1n) is 6.43. The summed E-state index contributed by atoms with van der Waals surface area (Å²) in [5.41, 5.74) is 2.46. The van der Waals surface area contributed by atoms with Gasteiger partial charge < -0.3 is 9.42 Å². The average molecular weight is 288 g/mol. The molecule has 0 aliphatic rings. The molecule has 0 saturated heterocycles. The summed E-state index contributed by atoms with van der Waals surface area (Å²) < 4.78 is 17.0. The van der Waals surface area contributed by atoms with Gasteiger partial charge in [0.25, 0.3) is 0 Å². The molecule has 3 nitrogen and oxygen atoms in total. The van der Waals surface area contributed by atoms with Crippen LogP contribution in [0.2, 0.25) is 0 Å². The normalized spacial score (nSPS) is 13.5. The second kappa shape index (κ2) is 6.67. The lowest BCUT2D eigenvalue weighted by Gasteiger charge is -2.12. The molecular weight excluding hydrogens is 271 g/mol. The molecule has 0 aliphatic carbocycles. The second-order valence-corrected chi connectivity index (χ2v) is 5.90. The summed E-state index contributed by atoms with van der Waals surface area (Å²) >= 11 is 0. The first kappa shape index (κ1) is 14.7. The second-order valence-electron chi connectivity index (χ2n) is 4.26. The van der Waals surface area contributed by atoms with Crippen molar-refractivity contribution in [2.45, 2.75) is 6.92 Å². The van der Waals surface area contributed by atoms with Crippen molar-refractivity contribution >= 4 is 13.2 Å². The highest BCUT2D eigenvalue weighted by Gasteiger charge is 2.17. The van der Waals surface area contributed by atoms with Crippen molar-refractivity contribution in [3.8, 4) is 0 Å². The standard InChI is InChI=1S/C16H17O3P/c1-2-19-20(17,18)13-16(14-9-5-3-6-10-14)15-11-7-4-8-12-15/h3-13H,2H2,1H3,(H,17,18). The van der Waals surface area contributed by atoms with E-state index in [4.69, 9.17) is 4.52 Å². The fourth-order valence-corrected chi connectivity index (χ4v) is 3.01. The van der Waals surface area contributed by atoms with E-state index in [9.17, 15) is 9.46 Å². The van der Waals surface area contributed by atoms with Crippen molar-refractivity contribution in [2.75, 3.05) is 6.61 Å². The van der Waals surface area contributed by atoms with Gasteiger partial charge in [0.15, 0.2) is 0 Å². The van der Waals surface area contributed by atoms with Gasteiger partial charge in [-0.2, -0.15) is 0 Å². The van der Waals surface area contributed by atoms with E-state index in [-0.39, 0.29) is 6.61 Å². The van der Waals surface area contributed by atoms with Gasteiger partial charge in [-0.3, -0.25) is 4.57 Å². The van der Waals surface area contributed by atoms with Crippen molar-refractivity contribution in [3.63, 3.8) is 0 Å². The molecule has 1 N–H and O–H groups in total. The Kier molecular flexibility index (Phi) is 4.91. The smallest absolute Gasteiger partial charge is 0.321 e. The molecule has 2 aromatic rings. The minimum absolute atomic E-state index is 0.196. The van der Waals surface area contributed by atoms with Gasteiger partial charge in [0, 0.05) is 5.82 Å². The average Bonchev–Trinajstić information content (AvgIpc) is 2.47. The molecule has 0 aromatic heterocycles. The van der Waals surface area contributed by atoms with E-state index in [1.807, 2.05) is 60.7 Å². The van der Waals surface area contributed by atoms with Crippen LogP contribution in [0.3, 0.4) is 0 Å². The lowest BCUT2D eigenvalue weighted by molar-refractivity contribution is 0.283. The van der Waals surface area contributed by atoms with Gasteiger partial charge in [0.1, 0.15) is 0 Å². The molecule has 4 heteroatoms. The van der Waals surface area contributed by atoms with E-state index in [1.165, 1.54) is 5.82 Å². The Hall–Kier alpha value is -1.67. The Morgan fingerprint density at radius 2 is 1.50 bits per heavy atom. The molecule has 0 fully saturated rings. The minimum atomic E-state index is -3.74. The van der Waals surface area contributed by atoms with Crippen molar-refractivity contribution in [3.05, 3.63) is 77.6 Å². The Bertz CT molecular complexity index is 579. The number of hydrogen-bond acceptors (Lipinski definition) is 2. The molecule has 2 aromatic carbocycles. The number of hydrogen-bond donors (Lipinski definition) is 1. The van der Waals surface area contributed by atoms with E-state index in [0.717, 1.165) is 11.1 Å². The SMILES string of the molecule is CCOP(=O)(O)C=C(c1ccccc1)c1ccccc1. The van der Waals surface area contributed by atoms with E-state index in [1.54, 1.807) is 6.92 Å². The van der Waals surface area contributed by atoms with Gasteiger partial charge in [0.2, 0.25) is 0 Å². The zero-order valence-corrected chi connectivity index (χ0v) is 12.2. The quantitative estimate of drug-likeness (QED) is 0.834. The molecule has 2 rings (SSSR count). The molecular formula is C16H17O3P. The summed E-state index contributed by atoms with van der Waals surface area (Å²) in [5.74, 6) is 1.32. The molecule has 0 amide bonds. The Labute approximate surface area is 119 Å². The van der Waals surface area contributed by atoms with Crippen molar-refractivity contribution < 1.29 is 14.0 Å². The van der Waals surface area contributed by atoms with E-state index >= 15 is 0 Å². The van der Waals surface area contributed by atoms with Crippen LogP contribution in [0, 0.1) is 0 Å². The molecule has 0 aliphatic heterocycles. The molecule has 0 spiro atoms. The maximum absolute atomic E-state index is 12.0. The van der Waals surface area contributed by atoms with E-state index < -0.39 is 7.60 Å². The van der Waals surface area contributed by atoms with Crippen LogP contribution in [0.25, 0.3) is 5.57 Å². The van der Waals surface area contributed by atoms with Crippen molar-refractivity contribution in [1.29, 1.82) is 0 Å². The van der Waals surface area contributed by atoms with Gasteiger partial charge in [-0.15, -0.1) is 0 Å². The van der Waals surface area contributed by atoms with Crippen molar-refractivity contribution in [1.82, 2.24) is 0 Å². The molecule has 1 unspecified atom stereocenters. The summed E-state index contributed by atoms with van der Waals surface area (Å²) in [6.07, 6.45) is 0. The van der Waals surface area contributed by atoms with Gasteiger partial charge >= 0.3 is 7.60 Å². The molecule has 104 valence electrons. The minimum Gasteiger partial charge on any atom is -0.321 e. The zero-order chi connectivity index (χ0) is 14.4. The summed E-state index contributed by atoms with van der Waals surface area (Å²) in [6, 6.07) is 19.0. The Morgan fingerprint density at radius 3 is 1.90 bits per heavy atom. The molecule has 0 radical (unpaired) electrons. The summed E-state index contributed by atoms with van der Waals surface area (Å²) in [4.78, 5) is 9.86. The van der Waals surface area contributed by atoms with E-state index in [0.29, 0.717) is 5.57 Å². The molecule has 1 atom stereocenters. The molecule has 0 heterocycles. The molecule has 0 saturated carbocycles. The van der Waals surface area contributed by atoms with Gasteiger partial charge in [-0.25, -0.2) is 0 Å². The van der Waals surface area contributed by atoms with Crippen LogP contribution in [0.15, 0.2) is 66.5 Å². The van der Waals surface area contributed by atoms with Crippen LogP contribution < -0.4 is 0 Å². The third-order valence-corrected chi connectivity index (χ3v) is 3.99. The highest BCUT2D eigenvalue weighted by Crippen LogP contribution is 2.47. The largest absolute Gasteiger partial charge is 0.352 e. The summed E-state index contributed by atoms with van der Waals surface area (Å²) in [6.45, 7) is 1.89. The van der Waals surface area contributed by atoms with Crippen LogP contribution >= 0.6 is 7.60 Å². The maximum atomic E-state index is 12.0. The number of rotatable bonds is 5. The first-order valence-corrected chi connectivity index (χ1v) is 8.08. The maximum Gasteiger partial charge on any atom is 0.352 e. The van der Waals surface area contributed by atoms with Gasteiger partial charge in [0.05, 0.1) is 6.61 Å². The van der Waals surface area contributed by atoms with Crippen LogP contribution in [-0.2, 0) is 9.09 Å². The fraction of sp³-hybridized carbons (Fsp3) is 0.125. The third kappa shape index (κ3) is 3.91. The predicted octanol–water partition coefficient (Wildman–Crippen LogP) is 4.30. The van der Waals surface area contributed by atoms with Crippen LogP contribution in [0.5, 0.6) is 0 Å². The highest BCUT2D eigenvalue weighted by molar-refractivity contribution is 7.56. The lowest BCUT2D eigenvalue weighted by Crippen LogP contribution is -1.91. The summed E-state index contributed by atoms with van der Waals surface area (Å²) in [5, 5.41) is 0. The fourth-order valence-electron chi connectivity index (χ4n) is 1.94. The van der Waals surface area contributed by atoms with Crippen LogP contribution in [-0.4, -0.2) is 11.5 Å². The van der Waals surface area contributed by atoms with Gasteiger partial charge in [-0.05, 0) is 23.6 Å². The Balaban J connectivity index is 2.51. The topological polar surface area (TPSA) is 46.5 Å². The highest BCUT2D eigenvalue weighted by atomic mass is 31.2. The van der Waals surface area contributed by atoms with Crippen LogP contribution in [0.4, 0.5) is 0 Å². The van der Waals surface area contributed by atoms with Crippen LogP contribution in [0.1, 0.15) is 18.1 Å². The third-order valence-electron chi connectivity index (χ3n) is 2.78. The molecule has 0 bridgehead atoms. The lowest BCUT2D eigenvalue weighted by atomic mass is 10.00. The van der Waals surface area contributed by atoms with Gasteiger partial charge in [-0.1, -0.05) is 60.7 Å². The monoisotopic (exact) mass is 288 g/mol. The Morgan fingerprint density at radius 1 is 1.05 bits per heavy atom. The predicted molar refractivity (Wildman–Crippen MR) is 81.4 cm³/mol.